The fourth-order valence-corrected chi connectivity index (χ4v) is 5.04. The summed E-state index contributed by atoms with van der Waals surface area (Å²) in [5.41, 5.74) is 8.00. The number of halogens is 2. The van der Waals surface area contributed by atoms with Gasteiger partial charge in [0.25, 0.3) is 17.3 Å². The number of hydrogen-bond donors (Lipinski definition) is 3. The van der Waals surface area contributed by atoms with Crippen LogP contribution in [0.5, 0.6) is 11.5 Å². The van der Waals surface area contributed by atoms with Gasteiger partial charge in [-0.3, -0.25) is 9.59 Å². The molecule has 7 nitrogen and oxygen atoms in total. The molecule has 1 atom stereocenters. The van der Waals surface area contributed by atoms with Crippen LogP contribution in [0.1, 0.15) is 59.8 Å². The maximum absolute atomic E-state index is 12.9. The molecule has 2 aromatic rings. The number of carbonyl (C=O) groups is 1. The molecule has 4 rings (SSSR count). The van der Waals surface area contributed by atoms with Crippen LogP contribution in [-0.4, -0.2) is 22.7 Å². The van der Waals surface area contributed by atoms with Crippen LogP contribution in [0, 0.1) is 19.8 Å². The largest absolute Gasteiger partial charge is 0.447 e. The number of pyridine rings is 1. The summed E-state index contributed by atoms with van der Waals surface area (Å²) in [4.78, 5) is 27.9. The summed E-state index contributed by atoms with van der Waals surface area (Å²) in [6.07, 6.45) is 3.55. The number of nitrogens with one attached hydrogen (secondary N) is 2. The van der Waals surface area contributed by atoms with Gasteiger partial charge in [0.15, 0.2) is 11.5 Å². The molecule has 1 amide bonds. The highest BCUT2D eigenvalue weighted by Gasteiger charge is 2.47. The topological polar surface area (TPSA) is 106 Å². The van der Waals surface area contributed by atoms with Crippen molar-refractivity contribution < 1.29 is 14.3 Å². The summed E-state index contributed by atoms with van der Waals surface area (Å²) >= 11 is 13.0. The summed E-state index contributed by atoms with van der Waals surface area (Å²) < 4.78 is 12.3. The monoisotopic (exact) mass is 479 g/mol. The number of benzene rings is 1. The van der Waals surface area contributed by atoms with Crippen LogP contribution in [-0.2, 0) is 6.54 Å². The number of H-pyrrole nitrogens is 1. The average molecular weight is 480 g/mol. The molecule has 2 aliphatic rings. The number of fused-ring (bicyclic) bond motifs is 1. The van der Waals surface area contributed by atoms with Gasteiger partial charge in [-0.05, 0) is 57.2 Å². The van der Waals surface area contributed by atoms with E-state index in [9.17, 15) is 9.59 Å². The Labute approximate surface area is 196 Å². The lowest BCUT2D eigenvalue weighted by Crippen LogP contribution is -2.46. The van der Waals surface area contributed by atoms with Crippen molar-refractivity contribution in [2.24, 2.45) is 11.7 Å². The standard InChI is InChI=1S/C23H27Cl2N3O4/c1-11-8-12(2)28-22(30)16(11)10-27-21(29)15-9-17(24)19-20(18(15)25)32-23(3,31-19)13-4-6-14(26)7-5-13/h8-9,13-14H,4-7,10,26H2,1-3H3,(H,27,29)(H,28,30). The number of amides is 1. The predicted molar refractivity (Wildman–Crippen MR) is 124 cm³/mol. The van der Waals surface area contributed by atoms with Crippen molar-refractivity contribution in [3.8, 4) is 11.5 Å². The van der Waals surface area contributed by atoms with Crippen LogP contribution in [0.15, 0.2) is 16.9 Å². The first-order valence-electron chi connectivity index (χ1n) is 10.7. The van der Waals surface area contributed by atoms with E-state index in [1.807, 2.05) is 19.9 Å². The van der Waals surface area contributed by atoms with Crippen molar-refractivity contribution in [3.05, 3.63) is 54.9 Å². The van der Waals surface area contributed by atoms with E-state index in [-0.39, 0.29) is 45.4 Å². The van der Waals surface area contributed by atoms with Crippen LogP contribution in [0.3, 0.4) is 0 Å². The number of carbonyl (C=O) groups excluding carboxylic acids is 1. The first-order chi connectivity index (χ1) is 15.1. The van der Waals surface area contributed by atoms with Gasteiger partial charge < -0.3 is 25.5 Å². The zero-order chi connectivity index (χ0) is 23.2. The Morgan fingerprint density at radius 3 is 2.50 bits per heavy atom. The number of aromatic nitrogens is 1. The highest BCUT2D eigenvalue weighted by molar-refractivity contribution is 6.38. The molecular weight excluding hydrogens is 453 g/mol. The van der Waals surface area contributed by atoms with Gasteiger partial charge in [-0.25, -0.2) is 0 Å². The van der Waals surface area contributed by atoms with E-state index in [4.69, 9.17) is 38.4 Å². The first-order valence-corrected chi connectivity index (χ1v) is 11.5. The fraction of sp³-hybridized carbons (Fsp3) is 0.478. The van der Waals surface area contributed by atoms with Gasteiger partial charge in [0, 0.05) is 36.7 Å². The number of hydrogen-bond acceptors (Lipinski definition) is 5. The minimum absolute atomic E-state index is 0.0582. The third kappa shape index (κ3) is 4.21. The fourth-order valence-electron chi connectivity index (χ4n) is 4.54. The van der Waals surface area contributed by atoms with Crippen molar-refractivity contribution in [1.82, 2.24) is 10.3 Å². The van der Waals surface area contributed by atoms with E-state index in [0.717, 1.165) is 36.9 Å². The average Bonchev–Trinajstić information content (AvgIpc) is 3.10. The van der Waals surface area contributed by atoms with Crippen LogP contribution >= 0.6 is 23.2 Å². The summed E-state index contributed by atoms with van der Waals surface area (Å²) in [5.74, 6) is -0.630. The van der Waals surface area contributed by atoms with E-state index >= 15 is 0 Å². The van der Waals surface area contributed by atoms with Crippen molar-refractivity contribution in [3.63, 3.8) is 0 Å². The Kier molecular flexibility index (Phi) is 6.18. The van der Waals surface area contributed by atoms with Crippen molar-refractivity contribution in [2.75, 3.05) is 0 Å². The zero-order valence-electron chi connectivity index (χ0n) is 18.3. The molecule has 32 heavy (non-hydrogen) atoms. The second-order valence-electron chi connectivity index (χ2n) is 8.84. The summed E-state index contributed by atoms with van der Waals surface area (Å²) in [5, 5.41) is 3.13. The molecule has 9 heteroatoms. The summed E-state index contributed by atoms with van der Waals surface area (Å²) in [7, 11) is 0. The highest BCUT2D eigenvalue weighted by Crippen LogP contribution is 2.53. The van der Waals surface area contributed by atoms with Crippen LogP contribution in [0.25, 0.3) is 0 Å². The molecule has 4 N–H and O–H groups in total. The van der Waals surface area contributed by atoms with E-state index in [1.54, 1.807) is 6.92 Å². The first kappa shape index (κ1) is 23.0. The van der Waals surface area contributed by atoms with E-state index in [1.165, 1.54) is 6.07 Å². The molecule has 2 heterocycles. The highest BCUT2D eigenvalue weighted by atomic mass is 35.5. The van der Waals surface area contributed by atoms with Gasteiger partial charge >= 0.3 is 0 Å². The molecule has 0 bridgehead atoms. The Hall–Kier alpha value is -2.22. The second-order valence-corrected chi connectivity index (χ2v) is 9.62. The molecule has 0 radical (unpaired) electrons. The van der Waals surface area contributed by atoms with Gasteiger partial charge in [-0.1, -0.05) is 23.2 Å². The van der Waals surface area contributed by atoms with Crippen LogP contribution < -0.4 is 26.1 Å². The van der Waals surface area contributed by atoms with Gasteiger partial charge in [0.05, 0.1) is 15.6 Å². The lowest BCUT2D eigenvalue weighted by molar-refractivity contribution is -0.120. The van der Waals surface area contributed by atoms with Gasteiger partial charge in [0.2, 0.25) is 0 Å². The molecule has 1 saturated carbocycles. The molecular formula is C23H27Cl2N3O4. The van der Waals surface area contributed by atoms with Gasteiger partial charge in [-0.15, -0.1) is 0 Å². The van der Waals surface area contributed by atoms with E-state index in [2.05, 4.69) is 10.3 Å². The quantitative estimate of drug-likeness (QED) is 0.607. The molecule has 1 unspecified atom stereocenters. The SMILES string of the molecule is Cc1cc(C)c(CNC(=O)c2cc(Cl)c3c(c2Cl)OC(C)(C2CCC(N)CC2)O3)c(=O)[nH]1. The van der Waals surface area contributed by atoms with E-state index in [0.29, 0.717) is 11.3 Å². The van der Waals surface area contributed by atoms with Gasteiger partial charge in [0.1, 0.15) is 0 Å². The van der Waals surface area contributed by atoms with Crippen LogP contribution in [0.2, 0.25) is 10.0 Å². The molecule has 1 fully saturated rings. The van der Waals surface area contributed by atoms with Crippen molar-refractivity contribution >= 4 is 29.1 Å². The number of nitrogens with two attached hydrogens (primary N) is 1. The number of ether oxygens (including phenoxy) is 2. The smallest absolute Gasteiger partial charge is 0.253 e. The molecule has 172 valence electrons. The normalized spacial score (nSPS) is 24.4. The minimum Gasteiger partial charge on any atom is -0.447 e. The molecule has 1 aliphatic carbocycles. The number of aryl methyl sites for hydroxylation is 2. The maximum Gasteiger partial charge on any atom is 0.253 e. The maximum atomic E-state index is 12.9. The van der Waals surface area contributed by atoms with Crippen molar-refractivity contribution in [2.45, 2.75) is 64.8 Å². The minimum atomic E-state index is -0.919. The lowest BCUT2D eigenvalue weighted by Gasteiger charge is -2.36. The van der Waals surface area contributed by atoms with E-state index < -0.39 is 11.7 Å². The Balaban J connectivity index is 1.55. The second kappa shape index (κ2) is 8.61. The summed E-state index contributed by atoms with van der Waals surface area (Å²) in [6, 6.07) is 3.52. The molecule has 1 aromatic carbocycles. The molecule has 0 spiro atoms. The lowest BCUT2D eigenvalue weighted by atomic mass is 9.81. The number of aromatic amines is 1. The third-order valence-corrected chi connectivity index (χ3v) is 7.07. The molecule has 0 saturated heterocycles. The molecule has 1 aromatic heterocycles. The van der Waals surface area contributed by atoms with Crippen molar-refractivity contribution in [1.29, 1.82) is 0 Å². The molecule has 1 aliphatic heterocycles. The van der Waals surface area contributed by atoms with Crippen LogP contribution in [0.4, 0.5) is 0 Å². The Morgan fingerprint density at radius 1 is 1.19 bits per heavy atom. The van der Waals surface area contributed by atoms with Gasteiger partial charge in [-0.2, -0.15) is 0 Å². The number of rotatable bonds is 4. The predicted octanol–water partition coefficient (Wildman–Crippen LogP) is 4.23. The summed E-state index contributed by atoms with van der Waals surface area (Å²) in [6.45, 7) is 5.56. The Morgan fingerprint density at radius 2 is 1.84 bits per heavy atom. The zero-order valence-corrected chi connectivity index (χ0v) is 19.8. The third-order valence-electron chi connectivity index (χ3n) is 6.42. The Bertz CT molecular complexity index is 1130.